The van der Waals surface area contributed by atoms with Crippen LogP contribution in [0.2, 0.25) is 0 Å². The van der Waals surface area contributed by atoms with Gasteiger partial charge >= 0.3 is 0 Å². The van der Waals surface area contributed by atoms with Crippen LogP contribution in [0.15, 0.2) is 27.5 Å². The fraction of sp³-hybridized carbons (Fsp3) is 0.286. The molecule has 0 saturated carbocycles. The van der Waals surface area contributed by atoms with Crippen LogP contribution in [0.3, 0.4) is 0 Å². The molecular formula is C14H16N4O4S2. The van der Waals surface area contributed by atoms with E-state index in [1.165, 1.54) is 11.3 Å². The minimum atomic E-state index is -0.582. The molecule has 0 aromatic carbocycles. The number of thiophene rings is 1. The molecular weight excluding hydrogens is 352 g/mol. The molecule has 0 radical (unpaired) electrons. The van der Waals surface area contributed by atoms with Crippen LogP contribution < -0.4 is 16.2 Å². The van der Waals surface area contributed by atoms with Crippen molar-refractivity contribution in [2.45, 2.75) is 18.5 Å². The molecule has 0 aliphatic rings. The number of hydrogen-bond donors (Lipinski definition) is 4. The second-order valence-corrected chi connectivity index (χ2v) is 6.53. The molecule has 0 atom stereocenters. The molecule has 2 heterocycles. The number of H-pyrrole nitrogens is 1. The van der Waals surface area contributed by atoms with Crippen molar-refractivity contribution in [3.63, 3.8) is 0 Å². The first-order valence-electron chi connectivity index (χ1n) is 7.07. The molecule has 2 rings (SSSR count). The monoisotopic (exact) mass is 368 g/mol. The number of carbonyl (C=O) groups is 2. The van der Waals surface area contributed by atoms with Crippen LogP contribution in [0.1, 0.15) is 23.0 Å². The highest BCUT2D eigenvalue weighted by Crippen LogP contribution is 2.20. The predicted molar refractivity (Wildman–Crippen MR) is 93.9 cm³/mol. The minimum absolute atomic E-state index is 0.0176. The van der Waals surface area contributed by atoms with Crippen LogP contribution in [-0.2, 0) is 4.79 Å². The highest BCUT2D eigenvalue weighted by atomic mass is 32.2. The number of amides is 2. The summed E-state index contributed by atoms with van der Waals surface area (Å²) in [6.07, 6.45) is 0.200. The topological polar surface area (TPSA) is 124 Å². The molecule has 24 heavy (non-hydrogen) atoms. The van der Waals surface area contributed by atoms with E-state index >= 15 is 0 Å². The first-order chi connectivity index (χ1) is 11.5. The maximum absolute atomic E-state index is 12.3. The number of aromatic nitrogens is 2. The van der Waals surface area contributed by atoms with Gasteiger partial charge in [0.05, 0.1) is 11.5 Å². The molecule has 2 aromatic rings. The Labute approximate surface area is 145 Å². The second-order valence-electron chi connectivity index (χ2n) is 4.50. The van der Waals surface area contributed by atoms with Crippen LogP contribution in [0.4, 0.5) is 11.5 Å². The van der Waals surface area contributed by atoms with Gasteiger partial charge in [0.1, 0.15) is 0 Å². The van der Waals surface area contributed by atoms with Gasteiger partial charge in [-0.15, -0.1) is 11.3 Å². The number of nitrogens with zero attached hydrogens (tertiary/aromatic N) is 1. The zero-order valence-electron chi connectivity index (χ0n) is 12.8. The molecule has 0 unspecified atom stereocenters. The van der Waals surface area contributed by atoms with E-state index in [9.17, 15) is 14.4 Å². The minimum Gasteiger partial charge on any atom is -0.396 e. The van der Waals surface area contributed by atoms with Crippen LogP contribution in [0.25, 0.3) is 0 Å². The Kier molecular flexibility index (Phi) is 6.53. The molecule has 0 bridgehead atoms. The zero-order valence-corrected chi connectivity index (χ0v) is 14.4. The molecule has 4 N–H and O–H groups in total. The van der Waals surface area contributed by atoms with E-state index in [0.29, 0.717) is 10.6 Å². The van der Waals surface area contributed by atoms with Crippen molar-refractivity contribution in [1.82, 2.24) is 9.97 Å². The lowest BCUT2D eigenvalue weighted by molar-refractivity contribution is -0.115. The maximum atomic E-state index is 12.3. The van der Waals surface area contributed by atoms with Crippen molar-refractivity contribution in [2.24, 2.45) is 0 Å². The Balaban J connectivity index is 2.34. The lowest BCUT2D eigenvalue weighted by Crippen LogP contribution is -2.24. The van der Waals surface area contributed by atoms with Gasteiger partial charge in [0.25, 0.3) is 11.5 Å². The van der Waals surface area contributed by atoms with Crippen molar-refractivity contribution < 1.29 is 14.7 Å². The first kappa shape index (κ1) is 18.2. The lowest BCUT2D eigenvalue weighted by atomic mass is 10.3. The molecule has 0 saturated heterocycles. The van der Waals surface area contributed by atoms with Gasteiger partial charge in [-0.05, 0) is 11.4 Å². The smallest absolute Gasteiger partial charge is 0.277 e. The fourth-order valence-electron chi connectivity index (χ4n) is 1.67. The number of aliphatic hydroxyl groups excluding tert-OH is 1. The fourth-order valence-corrected chi connectivity index (χ4v) is 2.90. The van der Waals surface area contributed by atoms with Crippen molar-refractivity contribution in [3.05, 3.63) is 32.7 Å². The SMILES string of the molecule is CCC(=O)Nc1nc(SCCO)[nH]c(=O)c1NC(=O)c1cccs1. The Morgan fingerprint density at radius 1 is 1.42 bits per heavy atom. The highest BCUT2D eigenvalue weighted by Gasteiger charge is 2.17. The average Bonchev–Trinajstić information content (AvgIpc) is 3.10. The number of hydrogen-bond acceptors (Lipinski definition) is 7. The summed E-state index contributed by atoms with van der Waals surface area (Å²) < 4.78 is 0. The van der Waals surface area contributed by atoms with Gasteiger partial charge in [0.2, 0.25) is 5.91 Å². The summed E-state index contributed by atoms with van der Waals surface area (Å²) in [5, 5.41) is 15.8. The van der Waals surface area contributed by atoms with E-state index in [0.717, 1.165) is 11.8 Å². The van der Waals surface area contributed by atoms with E-state index in [4.69, 9.17) is 5.11 Å². The Morgan fingerprint density at radius 3 is 2.83 bits per heavy atom. The third kappa shape index (κ3) is 4.66. The van der Waals surface area contributed by atoms with E-state index in [2.05, 4.69) is 20.6 Å². The summed E-state index contributed by atoms with van der Waals surface area (Å²) in [4.78, 5) is 43.2. The third-order valence-corrected chi connectivity index (χ3v) is 4.51. The molecule has 0 spiro atoms. The summed E-state index contributed by atoms with van der Waals surface area (Å²) in [7, 11) is 0. The maximum Gasteiger partial charge on any atom is 0.277 e. The molecule has 2 amide bonds. The van der Waals surface area contributed by atoms with Gasteiger partial charge in [-0.2, -0.15) is 0 Å². The predicted octanol–water partition coefficient (Wildman–Crippen LogP) is 1.52. The summed E-state index contributed by atoms with van der Waals surface area (Å²) >= 11 is 2.36. The van der Waals surface area contributed by atoms with Crippen LogP contribution in [0.5, 0.6) is 0 Å². The molecule has 0 aliphatic heterocycles. The normalized spacial score (nSPS) is 10.4. The van der Waals surface area contributed by atoms with Crippen LogP contribution in [-0.4, -0.2) is 39.2 Å². The van der Waals surface area contributed by atoms with Crippen molar-refractivity contribution in [2.75, 3.05) is 23.0 Å². The van der Waals surface area contributed by atoms with Crippen LogP contribution in [0, 0.1) is 0 Å². The summed E-state index contributed by atoms with van der Waals surface area (Å²) in [6.45, 7) is 1.58. The molecule has 10 heteroatoms. The zero-order chi connectivity index (χ0) is 17.5. The molecule has 2 aromatic heterocycles. The quantitative estimate of drug-likeness (QED) is 0.434. The van der Waals surface area contributed by atoms with Crippen molar-refractivity contribution in [3.8, 4) is 0 Å². The lowest BCUT2D eigenvalue weighted by Gasteiger charge is -2.11. The Morgan fingerprint density at radius 2 is 2.21 bits per heavy atom. The molecule has 0 aliphatic carbocycles. The summed E-state index contributed by atoms with van der Waals surface area (Å²) in [5.74, 6) is -0.473. The van der Waals surface area contributed by atoms with Gasteiger partial charge in [-0.1, -0.05) is 24.8 Å². The van der Waals surface area contributed by atoms with Gasteiger partial charge < -0.3 is 15.7 Å². The number of aliphatic hydroxyl groups is 1. The van der Waals surface area contributed by atoms with Gasteiger partial charge in [0.15, 0.2) is 16.7 Å². The molecule has 8 nitrogen and oxygen atoms in total. The second kappa shape index (κ2) is 8.62. The van der Waals surface area contributed by atoms with E-state index < -0.39 is 11.5 Å². The number of carbonyl (C=O) groups excluding carboxylic acids is 2. The van der Waals surface area contributed by atoms with Crippen molar-refractivity contribution in [1.29, 1.82) is 0 Å². The van der Waals surface area contributed by atoms with Gasteiger partial charge in [-0.25, -0.2) is 4.98 Å². The number of aromatic amines is 1. The van der Waals surface area contributed by atoms with E-state index in [1.807, 2.05) is 0 Å². The largest absolute Gasteiger partial charge is 0.396 e. The Bertz CT molecular complexity index is 774. The number of rotatable bonds is 7. The van der Waals surface area contributed by atoms with Gasteiger partial charge in [0, 0.05) is 12.2 Å². The highest BCUT2D eigenvalue weighted by molar-refractivity contribution is 7.99. The van der Waals surface area contributed by atoms with Crippen molar-refractivity contribution >= 4 is 46.4 Å². The standard InChI is InChI=1S/C14H16N4O4S2/c1-2-9(20)15-11-10(16-12(21)8-4-3-6-23-8)13(22)18-14(17-11)24-7-5-19/h3-4,6,19H,2,5,7H2,1H3,(H,16,21)(H2,15,17,18,20,22). The van der Waals surface area contributed by atoms with E-state index in [-0.39, 0.29) is 35.6 Å². The average molecular weight is 368 g/mol. The van der Waals surface area contributed by atoms with E-state index in [1.54, 1.807) is 24.4 Å². The third-order valence-electron chi connectivity index (χ3n) is 2.79. The summed E-state index contributed by atoms with van der Waals surface area (Å²) in [5.41, 5.74) is -0.703. The first-order valence-corrected chi connectivity index (χ1v) is 8.94. The number of nitrogens with one attached hydrogen (secondary N) is 3. The summed E-state index contributed by atoms with van der Waals surface area (Å²) in [6, 6.07) is 3.34. The Hall–Kier alpha value is -2.17. The number of anilines is 2. The number of thioether (sulfide) groups is 1. The van der Waals surface area contributed by atoms with Crippen LogP contribution >= 0.6 is 23.1 Å². The van der Waals surface area contributed by atoms with Gasteiger partial charge in [-0.3, -0.25) is 19.4 Å². The molecule has 128 valence electrons. The molecule has 0 fully saturated rings.